The van der Waals surface area contributed by atoms with Gasteiger partial charge in [0.25, 0.3) is 11.8 Å². The summed E-state index contributed by atoms with van der Waals surface area (Å²) in [6, 6.07) is 1.90. The van der Waals surface area contributed by atoms with E-state index < -0.39 is 47.7 Å². The predicted molar refractivity (Wildman–Crippen MR) is 184 cm³/mol. The third-order valence-electron chi connectivity index (χ3n) is 8.10. The number of esters is 1. The molecule has 50 heavy (non-hydrogen) atoms. The lowest BCUT2D eigenvalue weighted by Gasteiger charge is -2.39. The molecule has 1 aromatic carbocycles. The number of amides is 5. The lowest BCUT2D eigenvalue weighted by Crippen LogP contribution is -2.54. The van der Waals surface area contributed by atoms with Gasteiger partial charge in [0.05, 0.1) is 5.69 Å². The molecule has 3 N–H and O–H groups in total. The number of benzene rings is 1. The number of rotatable bonds is 11. The van der Waals surface area contributed by atoms with E-state index in [4.69, 9.17) is 18.9 Å². The molecule has 0 spiro atoms. The Bertz CT molecular complexity index is 1450. The van der Waals surface area contributed by atoms with Crippen LogP contribution in [0.2, 0.25) is 0 Å². The first kappa shape index (κ1) is 39.9. The molecule has 2 heterocycles. The number of carbonyl (C=O) groups is 6. The summed E-state index contributed by atoms with van der Waals surface area (Å²) in [6.07, 6.45) is -1.24. The second kappa shape index (κ2) is 16.4. The summed E-state index contributed by atoms with van der Waals surface area (Å²) < 4.78 is 22.0. The number of ether oxygens (including phenoxy) is 4. The number of anilines is 1. The first-order valence-electron chi connectivity index (χ1n) is 17.1. The predicted octanol–water partition coefficient (Wildman–Crippen LogP) is 3.79. The lowest BCUT2D eigenvalue weighted by molar-refractivity contribution is -0.170. The highest BCUT2D eigenvalue weighted by atomic mass is 16.7. The molecule has 5 amide bonds. The highest BCUT2D eigenvalue weighted by Gasteiger charge is 2.41. The van der Waals surface area contributed by atoms with Gasteiger partial charge in [-0.25, -0.2) is 14.4 Å². The summed E-state index contributed by atoms with van der Waals surface area (Å²) in [5.74, 6) is -1.49. The minimum atomic E-state index is -1.25. The Kier molecular flexibility index (Phi) is 13.1. The summed E-state index contributed by atoms with van der Waals surface area (Å²) in [6.45, 7) is 17.8. The highest BCUT2D eigenvalue weighted by Crippen LogP contribution is 2.39. The molecule has 3 rings (SSSR count). The number of likely N-dealkylation sites (tertiary alicyclic amines) is 1. The molecule has 2 aliphatic heterocycles. The van der Waals surface area contributed by atoms with Crippen molar-refractivity contribution in [2.75, 3.05) is 31.1 Å². The molecule has 0 aliphatic carbocycles. The van der Waals surface area contributed by atoms with Gasteiger partial charge in [-0.2, -0.15) is 0 Å². The van der Waals surface area contributed by atoms with E-state index in [-0.39, 0.29) is 43.3 Å². The zero-order valence-electron chi connectivity index (χ0n) is 30.9. The summed E-state index contributed by atoms with van der Waals surface area (Å²) in [5, 5.41) is 8.28. The number of aryl methyl sites for hydroxylation is 1. The summed E-state index contributed by atoms with van der Waals surface area (Å²) in [4.78, 5) is 79.8. The van der Waals surface area contributed by atoms with Crippen molar-refractivity contribution in [1.82, 2.24) is 20.9 Å². The van der Waals surface area contributed by atoms with Crippen molar-refractivity contribution in [1.29, 1.82) is 0 Å². The molecule has 1 aromatic rings. The second-order valence-electron chi connectivity index (χ2n) is 14.4. The fourth-order valence-corrected chi connectivity index (χ4v) is 5.55. The number of alkyl carbamates (subject to hydrolysis) is 1. The number of piperidine rings is 1. The van der Waals surface area contributed by atoms with E-state index in [1.165, 1.54) is 16.7 Å². The average molecular weight is 704 g/mol. The SMILES string of the molecule is CCC(=O)NCCN1C(=O)C(C)(C)Oc2cc(C)c(C(=O)N[C@@H]3CCCN(C(=O)OC(C)OC(=O)[C@@H](NC(=O)OC(C)(C)C)C(C)C)C3)cc21. The van der Waals surface area contributed by atoms with Gasteiger partial charge in [-0.1, -0.05) is 20.8 Å². The van der Waals surface area contributed by atoms with Crippen LogP contribution in [0, 0.1) is 12.8 Å². The van der Waals surface area contributed by atoms with Crippen LogP contribution >= 0.6 is 0 Å². The van der Waals surface area contributed by atoms with Gasteiger partial charge in [0, 0.05) is 51.1 Å². The van der Waals surface area contributed by atoms with Crippen LogP contribution < -0.4 is 25.6 Å². The largest absolute Gasteiger partial charge is 0.476 e. The van der Waals surface area contributed by atoms with E-state index in [2.05, 4.69) is 16.0 Å². The van der Waals surface area contributed by atoms with Crippen molar-refractivity contribution in [2.24, 2.45) is 5.92 Å². The summed E-state index contributed by atoms with van der Waals surface area (Å²) in [7, 11) is 0. The van der Waals surface area contributed by atoms with E-state index in [9.17, 15) is 28.8 Å². The third kappa shape index (κ3) is 10.7. The minimum absolute atomic E-state index is 0.137. The molecule has 0 radical (unpaired) electrons. The molecule has 1 saturated heterocycles. The van der Waals surface area contributed by atoms with Gasteiger partial charge in [-0.15, -0.1) is 0 Å². The molecule has 1 unspecified atom stereocenters. The zero-order chi connectivity index (χ0) is 37.6. The fourth-order valence-electron chi connectivity index (χ4n) is 5.55. The number of fused-ring (bicyclic) bond motifs is 1. The minimum Gasteiger partial charge on any atom is -0.476 e. The summed E-state index contributed by atoms with van der Waals surface area (Å²) in [5.41, 5.74) is -0.501. The molecule has 1 fully saturated rings. The van der Waals surface area contributed by atoms with Crippen molar-refractivity contribution in [3.63, 3.8) is 0 Å². The Hall–Kier alpha value is -4.56. The van der Waals surface area contributed by atoms with Crippen LogP contribution in [0.3, 0.4) is 0 Å². The van der Waals surface area contributed by atoms with Crippen LogP contribution in [-0.4, -0.2) is 96.5 Å². The Morgan fingerprint density at radius 3 is 2.38 bits per heavy atom. The monoisotopic (exact) mass is 703 g/mol. The van der Waals surface area contributed by atoms with Crippen LogP contribution in [-0.2, 0) is 28.6 Å². The highest BCUT2D eigenvalue weighted by molar-refractivity contribution is 6.05. The van der Waals surface area contributed by atoms with Crippen LogP contribution in [0.15, 0.2) is 12.1 Å². The van der Waals surface area contributed by atoms with Gasteiger partial charge in [0.1, 0.15) is 17.4 Å². The van der Waals surface area contributed by atoms with Gasteiger partial charge in [-0.3, -0.25) is 14.4 Å². The van der Waals surface area contributed by atoms with E-state index in [1.54, 1.807) is 74.4 Å². The van der Waals surface area contributed by atoms with E-state index in [0.29, 0.717) is 48.4 Å². The van der Waals surface area contributed by atoms with E-state index in [0.717, 1.165) is 0 Å². The van der Waals surface area contributed by atoms with Crippen molar-refractivity contribution in [2.45, 2.75) is 118 Å². The standard InChI is InChI=1S/C35H53N5O10/c1-11-27(41)36-14-16-40-25-18-24(21(4)17-26(25)49-35(9,10)31(40)44)29(42)37-23-13-12-15-39(19-23)33(46)48-22(5)47-30(43)28(20(2)3)38-32(45)50-34(6,7)8/h17-18,20,22-23,28H,11-16,19H2,1-10H3,(H,36,41)(H,37,42)(H,38,45)/t22?,23-,28+/m1/s1. The van der Waals surface area contributed by atoms with Gasteiger partial charge in [-0.05, 0) is 78.0 Å². The fraction of sp³-hybridized carbons (Fsp3) is 0.657. The first-order chi connectivity index (χ1) is 23.2. The van der Waals surface area contributed by atoms with Gasteiger partial charge < -0.3 is 44.7 Å². The van der Waals surface area contributed by atoms with Gasteiger partial charge in [0.15, 0.2) is 5.60 Å². The topological polar surface area (TPSA) is 182 Å². The molecule has 3 atom stereocenters. The summed E-state index contributed by atoms with van der Waals surface area (Å²) >= 11 is 0. The number of hydrogen-bond acceptors (Lipinski definition) is 10. The first-order valence-corrected chi connectivity index (χ1v) is 17.1. The Morgan fingerprint density at radius 2 is 1.76 bits per heavy atom. The van der Waals surface area contributed by atoms with Crippen molar-refractivity contribution in [3.05, 3.63) is 23.3 Å². The van der Waals surface area contributed by atoms with Crippen LogP contribution in [0.5, 0.6) is 5.75 Å². The van der Waals surface area contributed by atoms with Gasteiger partial charge in [0.2, 0.25) is 12.2 Å². The zero-order valence-corrected chi connectivity index (χ0v) is 30.9. The quantitative estimate of drug-likeness (QED) is 0.227. The van der Waals surface area contributed by atoms with Crippen molar-refractivity contribution >= 4 is 41.6 Å². The van der Waals surface area contributed by atoms with Crippen molar-refractivity contribution < 1.29 is 47.7 Å². The molecule has 15 nitrogen and oxygen atoms in total. The van der Waals surface area contributed by atoms with Crippen LogP contribution in [0.1, 0.15) is 97.5 Å². The maximum atomic E-state index is 13.6. The molecule has 0 saturated carbocycles. The smallest absolute Gasteiger partial charge is 0.412 e. The maximum Gasteiger partial charge on any atom is 0.412 e. The Balaban J connectivity index is 1.64. The number of carbonyl (C=O) groups excluding carboxylic acids is 6. The third-order valence-corrected chi connectivity index (χ3v) is 8.10. The number of nitrogens with one attached hydrogen (secondary N) is 3. The number of hydrogen-bond donors (Lipinski definition) is 3. The van der Waals surface area contributed by atoms with Crippen LogP contribution in [0.25, 0.3) is 0 Å². The molecule has 2 aliphatic rings. The molecular formula is C35H53N5O10. The normalized spacial score (nSPS) is 18.2. The maximum absolute atomic E-state index is 13.6. The van der Waals surface area contributed by atoms with E-state index in [1.807, 2.05) is 0 Å². The number of nitrogens with zero attached hydrogens (tertiary/aromatic N) is 2. The lowest BCUT2D eigenvalue weighted by atomic mass is 9.99. The molecule has 0 aromatic heterocycles. The Morgan fingerprint density at radius 1 is 1.08 bits per heavy atom. The van der Waals surface area contributed by atoms with Crippen LogP contribution in [0.4, 0.5) is 15.3 Å². The molecule has 278 valence electrons. The Labute approximate surface area is 294 Å². The average Bonchev–Trinajstić information content (AvgIpc) is 3.00. The van der Waals surface area contributed by atoms with E-state index >= 15 is 0 Å². The van der Waals surface area contributed by atoms with Crippen molar-refractivity contribution in [3.8, 4) is 5.75 Å². The second-order valence-corrected chi connectivity index (χ2v) is 14.4. The molecular weight excluding hydrogens is 650 g/mol. The molecule has 15 heteroatoms. The van der Waals surface area contributed by atoms with Gasteiger partial charge >= 0.3 is 18.2 Å². The molecule has 0 bridgehead atoms.